The third kappa shape index (κ3) is 4.32. The first-order chi connectivity index (χ1) is 14.8. The van der Waals surface area contributed by atoms with Gasteiger partial charge < -0.3 is 15.1 Å². The molecule has 2 aromatic heterocycles. The minimum Gasteiger partial charge on any atom is -0.478 e. The second-order valence-electron chi connectivity index (χ2n) is 8.24. The molecule has 2 N–H and O–H groups in total. The summed E-state index contributed by atoms with van der Waals surface area (Å²) in [5.41, 5.74) is 0.932. The highest BCUT2D eigenvalue weighted by Crippen LogP contribution is 2.33. The second-order valence-corrected chi connectivity index (χ2v) is 9.19. The topological polar surface area (TPSA) is 94.0 Å². The number of aromatic nitrogens is 1. The normalized spacial score (nSPS) is 15.4. The van der Waals surface area contributed by atoms with Gasteiger partial charge >= 0.3 is 5.97 Å². The first-order valence-electron chi connectivity index (χ1n) is 10.2. The average molecular weight is 440 g/mol. The van der Waals surface area contributed by atoms with Crippen molar-refractivity contribution in [2.75, 3.05) is 26.2 Å². The Balaban J connectivity index is 1.69. The molecule has 0 atom stereocenters. The molecular weight excluding hydrogens is 414 g/mol. The number of aliphatic hydroxyl groups is 1. The molecule has 31 heavy (non-hydrogen) atoms. The molecule has 162 valence electrons. The van der Waals surface area contributed by atoms with Crippen LogP contribution in [-0.2, 0) is 11.3 Å². The molecule has 1 aliphatic rings. The molecule has 1 fully saturated rings. The predicted molar refractivity (Wildman–Crippen MR) is 120 cm³/mol. The number of pyridine rings is 1. The summed E-state index contributed by atoms with van der Waals surface area (Å²) in [5.74, 6) is -1.26. The fraction of sp³-hybridized carbons (Fsp3) is 0.348. The third-order valence-electron chi connectivity index (χ3n) is 5.53. The lowest BCUT2D eigenvalue weighted by molar-refractivity contribution is -0.149. The van der Waals surface area contributed by atoms with E-state index in [0.29, 0.717) is 54.9 Å². The maximum Gasteiger partial charge on any atom is 0.336 e. The fourth-order valence-corrected chi connectivity index (χ4v) is 4.73. The number of aromatic carboxylic acids is 1. The molecule has 0 radical (unpaired) electrons. The van der Waals surface area contributed by atoms with Crippen molar-refractivity contribution in [1.29, 1.82) is 0 Å². The molecule has 7 nitrogen and oxygen atoms in total. The van der Waals surface area contributed by atoms with Crippen molar-refractivity contribution in [3.05, 3.63) is 52.9 Å². The summed E-state index contributed by atoms with van der Waals surface area (Å²) in [6.45, 7) is 5.58. The monoisotopic (exact) mass is 439 g/mol. The molecule has 0 saturated carbocycles. The summed E-state index contributed by atoms with van der Waals surface area (Å²) in [6.07, 6.45) is 0. The number of rotatable bonds is 5. The first kappa shape index (κ1) is 21.4. The van der Waals surface area contributed by atoms with Gasteiger partial charge in [0.2, 0.25) is 0 Å². The quantitative estimate of drug-likeness (QED) is 0.635. The van der Waals surface area contributed by atoms with Crippen molar-refractivity contribution in [2.45, 2.75) is 26.0 Å². The van der Waals surface area contributed by atoms with Gasteiger partial charge in [0, 0.05) is 43.7 Å². The molecule has 4 rings (SSSR count). The summed E-state index contributed by atoms with van der Waals surface area (Å²) >= 11 is 1.53. The number of thiophene rings is 1. The number of hydrogen-bond acceptors (Lipinski definition) is 6. The lowest BCUT2D eigenvalue weighted by Gasteiger charge is -2.37. The SMILES string of the molecule is CC(C)(O)C(=O)N1CCN(Cc2c(-c3cccs3)nc3ccccc3c2C(=O)O)CC1. The summed E-state index contributed by atoms with van der Waals surface area (Å²) in [4.78, 5) is 34.2. The number of hydrogen-bond donors (Lipinski definition) is 2. The Morgan fingerprint density at radius 1 is 1.10 bits per heavy atom. The molecule has 8 heteroatoms. The van der Waals surface area contributed by atoms with Crippen LogP contribution in [0.25, 0.3) is 21.5 Å². The summed E-state index contributed by atoms with van der Waals surface area (Å²) in [5, 5.41) is 22.7. The maximum atomic E-state index is 12.4. The van der Waals surface area contributed by atoms with E-state index < -0.39 is 11.6 Å². The number of nitrogens with zero attached hydrogens (tertiary/aromatic N) is 3. The van der Waals surface area contributed by atoms with Crippen LogP contribution in [0, 0.1) is 0 Å². The van der Waals surface area contributed by atoms with Gasteiger partial charge in [-0.1, -0.05) is 24.3 Å². The van der Waals surface area contributed by atoms with Crippen LogP contribution in [0.2, 0.25) is 0 Å². The van der Waals surface area contributed by atoms with E-state index in [1.54, 1.807) is 11.0 Å². The number of fused-ring (bicyclic) bond motifs is 1. The van der Waals surface area contributed by atoms with Crippen LogP contribution in [0.1, 0.15) is 29.8 Å². The number of carboxylic acid groups (broad SMARTS) is 1. The average Bonchev–Trinajstić information content (AvgIpc) is 3.27. The molecular formula is C23H25N3O4S. The van der Waals surface area contributed by atoms with Gasteiger partial charge in [-0.3, -0.25) is 9.69 Å². The van der Waals surface area contributed by atoms with Gasteiger partial charge in [0.05, 0.1) is 21.7 Å². The number of carboxylic acids is 1. The van der Waals surface area contributed by atoms with E-state index >= 15 is 0 Å². The summed E-state index contributed by atoms with van der Waals surface area (Å²) in [7, 11) is 0. The largest absolute Gasteiger partial charge is 0.478 e. The molecule has 0 unspecified atom stereocenters. The number of amides is 1. The van der Waals surface area contributed by atoms with E-state index in [1.165, 1.54) is 25.2 Å². The molecule has 0 spiro atoms. The van der Waals surface area contributed by atoms with Gasteiger partial charge in [0.15, 0.2) is 0 Å². The zero-order valence-electron chi connectivity index (χ0n) is 17.5. The van der Waals surface area contributed by atoms with Crippen LogP contribution in [0.15, 0.2) is 41.8 Å². The molecule has 0 aliphatic carbocycles. The van der Waals surface area contributed by atoms with Gasteiger partial charge in [-0.2, -0.15) is 0 Å². The van der Waals surface area contributed by atoms with E-state index in [1.807, 2.05) is 35.7 Å². The highest BCUT2D eigenvalue weighted by molar-refractivity contribution is 7.13. The Morgan fingerprint density at radius 2 is 1.81 bits per heavy atom. The van der Waals surface area contributed by atoms with Gasteiger partial charge in [0.1, 0.15) is 5.60 Å². The van der Waals surface area contributed by atoms with Crippen LogP contribution in [-0.4, -0.2) is 68.7 Å². The number of benzene rings is 1. The lowest BCUT2D eigenvalue weighted by Crippen LogP contribution is -2.53. The van der Waals surface area contributed by atoms with Gasteiger partial charge in [-0.25, -0.2) is 9.78 Å². The highest BCUT2D eigenvalue weighted by atomic mass is 32.1. The van der Waals surface area contributed by atoms with Crippen molar-refractivity contribution in [1.82, 2.24) is 14.8 Å². The fourth-order valence-electron chi connectivity index (χ4n) is 3.99. The summed E-state index contributed by atoms with van der Waals surface area (Å²) in [6, 6.07) is 11.2. The van der Waals surface area contributed by atoms with Crippen molar-refractivity contribution < 1.29 is 19.8 Å². The number of para-hydroxylation sites is 1. The minimum atomic E-state index is -1.40. The smallest absolute Gasteiger partial charge is 0.336 e. The number of carbonyl (C=O) groups is 2. The van der Waals surface area contributed by atoms with Crippen LogP contribution in [0.4, 0.5) is 0 Å². The first-order valence-corrected chi connectivity index (χ1v) is 11.1. The van der Waals surface area contributed by atoms with Crippen molar-refractivity contribution in [3.8, 4) is 10.6 Å². The molecule has 1 amide bonds. The zero-order chi connectivity index (χ0) is 22.2. The van der Waals surface area contributed by atoms with E-state index in [0.717, 1.165) is 4.88 Å². The standard InChI is InChI=1S/C23H25N3O4S/c1-23(2,30)22(29)26-11-9-25(10-12-26)14-16-19(21(27)28)15-6-3-4-7-17(15)24-20(16)18-8-5-13-31-18/h3-8,13,30H,9-12,14H2,1-2H3,(H,27,28). The zero-order valence-corrected chi connectivity index (χ0v) is 18.4. The molecule has 1 aliphatic heterocycles. The highest BCUT2D eigenvalue weighted by Gasteiger charge is 2.32. The van der Waals surface area contributed by atoms with Crippen molar-refractivity contribution >= 4 is 34.1 Å². The second kappa shape index (κ2) is 8.37. The van der Waals surface area contributed by atoms with Gasteiger partial charge in [-0.15, -0.1) is 11.3 Å². The maximum absolute atomic E-state index is 12.4. The molecule has 1 aromatic carbocycles. The predicted octanol–water partition coefficient (Wildman–Crippen LogP) is 3.08. The van der Waals surface area contributed by atoms with Crippen molar-refractivity contribution in [3.63, 3.8) is 0 Å². The Labute approximate surface area is 184 Å². The van der Waals surface area contributed by atoms with Crippen LogP contribution in [0.3, 0.4) is 0 Å². The molecule has 3 heterocycles. The summed E-state index contributed by atoms with van der Waals surface area (Å²) < 4.78 is 0. The Kier molecular flexibility index (Phi) is 5.79. The number of carbonyl (C=O) groups excluding carboxylic acids is 1. The third-order valence-corrected chi connectivity index (χ3v) is 6.40. The Hall–Kier alpha value is -2.81. The van der Waals surface area contributed by atoms with Gasteiger partial charge in [-0.05, 0) is 31.4 Å². The van der Waals surface area contributed by atoms with E-state index in [9.17, 15) is 19.8 Å². The molecule has 0 bridgehead atoms. The van der Waals surface area contributed by atoms with Crippen LogP contribution in [0.5, 0.6) is 0 Å². The Morgan fingerprint density at radius 3 is 2.42 bits per heavy atom. The molecule has 3 aromatic rings. The lowest BCUT2D eigenvalue weighted by atomic mass is 9.98. The van der Waals surface area contributed by atoms with E-state index in [2.05, 4.69) is 4.90 Å². The minimum absolute atomic E-state index is 0.281. The van der Waals surface area contributed by atoms with E-state index in [-0.39, 0.29) is 11.5 Å². The molecule has 1 saturated heterocycles. The number of piperazine rings is 1. The van der Waals surface area contributed by atoms with Crippen LogP contribution < -0.4 is 0 Å². The van der Waals surface area contributed by atoms with Crippen LogP contribution >= 0.6 is 11.3 Å². The van der Waals surface area contributed by atoms with Gasteiger partial charge in [0.25, 0.3) is 5.91 Å². The van der Waals surface area contributed by atoms with Crippen molar-refractivity contribution in [2.24, 2.45) is 0 Å². The van der Waals surface area contributed by atoms with E-state index in [4.69, 9.17) is 4.98 Å². The Bertz CT molecular complexity index is 1110.